The first kappa shape index (κ1) is 23.3. The van der Waals surface area contributed by atoms with Crippen LogP contribution in [0.4, 0.5) is 25.8 Å². The molecule has 4 aromatic rings. The second-order valence-corrected chi connectivity index (χ2v) is 8.49. The molecule has 6 nitrogen and oxygen atoms in total. The van der Waals surface area contributed by atoms with E-state index in [1.807, 2.05) is 0 Å². The van der Waals surface area contributed by atoms with Crippen LogP contribution in [0.1, 0.15) is 0 Å². The number of hydrogen-bond donors (Lipinski definition) is 3. The van der Waals surface area contributed by atoms with Crippen molar-refractivity contribution in [2.24, 2.45) is 0 Å². The molecule has 0 radical (unpaired) electrons. The number of nitrogens with one attached hydrogen (secondary N) is 1. The third kappa shape index (κ3) is 4.11. The maximum Gasteiger partial charge on any atom is 0.197 e. The fraction of sp³-hybridized carbons (Fsp3) is 0.174. The Kier molecular flexibility index (Phi) is 6.20. The fourth-order valence-corrected chi connectivity index (χ4v) is 4.40. The molecule has 0 aliphatic carbocycles. The molecule has 3 N–H and O–H groups in total. The van der Waals surface area contributed by atoms with E-state index in [4.69, 9.17) is 23.2 Å². The molecule has 0 saturated heterocycles. The van der Waals surface area contributed by atoms with Crippen molar-refractivity contribution in [3.05, 3.63) is 74.4 Å². The zero-order chi connectivity index (χ0) is 24.0. The van der Waals surface area contributed by atoms with Gasteiger partial charge in [-0.1, -0.05) is 29.3 Å². The van der Waals surface area contributed by atoms with Crippen molar-refractivity contribution >= 4 is 62.1 Å². The lowest BCUT2D eigenvalue weighted by atomic mass is 10.1. The molecule has 1 heterocycles. The van der Waals surface area contributed by atoms with Crippen LogP contribution in [0.2, 0.25) is 10.0 Å². The van der Waals surface area contributed by atoms with E-state index in [1.54, 1.807) is 31.1 Å². The van der Waals surface area contributed by atoms with E-state index in [9.17, 15) is 23.8 Å². The van der Waals surface area contributed by atoms with Crippen molar-refractivity contribution in [1.82, 2.24) is 4.57 Å². The first-order valence-corrected chi connectivity index (χ1v) is 10.6. The molecular formula is C23H19Cl2F2N3O3. The van der Waals surface area contributed by atoms with E-state index < -0.39 is 23.6 Å². The van der Waals surface area contributed by atoms with Crippen LogP contribution in [0.15, 0.2) is 47.3 Å². The third-order valence-electron chi connectivity index (χ3n) is 5.25. The molecule has 0 atom stereocenters. The summed E-state index contributed by atoms with van der Waals surface area (Å²) < 4.78 is 29.9. The molecule has 0 fully saturated rings. The van der Waals surface area contributed by atoms with E-state index in [0.29, 0.717) is 21.6 Å². The van der Waals surface area contributed by atoms with Gasteiger partial charge >= 0.3 is 0 Å². The molecule has 0 saturated carbocycles. The molecule has 10 heteroatoms. The summed E-state index contributed by atoms with van der Waals surface area (Å²) in [5.74, 6) is -1.65. The van der Waals surface area contributed by atoms with Gasteiger partial charge in [-0.2, -0.15) is 0 Å². The zero-order valence-electron chi connectivity index (χ0n) is 17.5. The van der Waals surface area contributed by atoms with E-state index in [1.165, 1.54) is 22.8 Å². The van der Waals surface area contributed by atoms with Crippen LogP contribution >= 0.6 is 23.2 Å². The highest BCUT2D eigenvalue weighted by atomic mass is 35.5. The van der Waals surface area contributed by atoms with Gasteiger partial charge in [-0.05, 0) is 36.4 Å². The number of aliphatic hydroxyl groups excluding tert-OH is 1. The largest absolute Gasteiger partial charge is 0.375 e. The van der Waals surface area contributed by atoms with Crippen molar-refractivity contribution in [2.75, 3.05) is 24.3 Å². The molecule has 0 unspecified atom stereocenters. The number of pyridine rings is 1. The van der Waals surface area contributed by atoms with Crippen LogP contribution in [0.5, 0.6) is 0 Å². The summed E-state index contributed by atoms with van der Waals surface area (Å²) in [6.07, 6.45) is -1.76. The van der Waals surface area contributed by atoms with Crippen LogP contribution in [-0.2, 0) is 6.54 Å². The Hall–Kier alpha value is -2.91. The molecular weight excluding hydrogens is 475 g/mol. The highest BCUT2D eigenvalue weighted by Crippen LogP contribution is 2.37. The van der Waals surface area contributed by atoms with Crippen LogP contribution in [0.25, 0.3) is 21.8 Å². The summed E-state index contributed by atoms with van der Waals surface area (Å²) in [5, 5.41) is 23.1. The summed E-state index contributed by atoms with van der Waals surface area (Å²) in [6.45, 7) is -0.302. The third-order valence-corrected chi connectivity index (χ3v) is 5.87. The predicted molar refractivity (Wildman–Crippen MR) is 128 cm³/mol. The number of hydrogen-bond acceptors (Lipinski definition) is 5. The minimum atomic E-state index is -1.76. The normalized spacial score (nSPS) is 11.5. The Labute approximate surface area is 197 Å². The zero-order valence-corrected chi connectivity index (χ0v) is 19.0. The van der Waals surface area contributed by atoms with Crippen LogP contribution in [-0.4, -0.2) is 35.2 Å². The van der Waals surface area contributed by atoms with Crippen LogP contribution in [0.3, 0.4) is 0 Å². The second kappa shape index (κ2) is 8.79. The monoisotopic (exact) mass is 493 g/mol. The van der Waals surface area contributed by atoms with Gasteiger partial charge in [0.05, 0.1) is 39.0 Å². The Morgan fingerprint density at radius 3 is 2.30 bits per heavy atom. The summed E-state index contributed by atoms with van der Waals surface area (Å²) in [6, 6.07) is 9.38. The van der Waals surface area contributed by atoms with E-state index in [0.717, 1.165) is 12.1 Å². The Bertz CT molecular complexity index is 1440. The lowest BCUT2D eigenvalue weighted by Crippen LogP contribution is -2.22. The number of aromatic nitrogens is 1. The molecule has 0 amide bonds. The summed E-state index contributed by atoms with van der Waals surface area (Å²) in [5.41, 5.74) is 0.514. The second-order valence-electron chi connectivity index (χ2n) is 7.68. The first-order valence-electron chi connectivity index (χ1n) is 9.83. The van der Waals surface area contributed by atoms with E-state index in [-0.39, 0.29) is 33.6 Å². The molecule has 33 heavy (non-hydrogen) atoms. The molecule has 0 spiro atoms. The number of para-hydroxylation sites is 1. The lowest BCUT2D eigenvalue weighted by molar-refractivity contribution is -0.0498. The molecule has 0 aliphatic heterocycles. The summed E-state index contributed by atoms with van der Waals surface area (Å²) in [7, 11) is 3.48. The highest BCUT2D eigenvalue weighted by Gasteiger charge is 2.21. The van der Waals surface area contributed by atoms with Crippen LogP contribution < -0.4 is 15.6 Å². The SMILES string of the molecule is CN(C)c1c(Cl)ccc2c(=O)c3cc(Cl)c(Nc4c(F)cccc4F)cc3n(CC(O)O)c12. The van der Waals surface area contributed by atoms with Crippen molar-refractivity contribution in [3.63, 3.8) is 0 Å². The quantitative estimate of drug-likeness (QED) is 0.273. The molecule has 3 aromatic carbocycles. The Balaban J connectivity index is 2.10. The van der Waals surface area contributed by atoms with Gasteiger partial charge in [0.1, 0.15) is 17.3 Å². The molecule has 0 bridgehead atoms. The topological polar surface area (TPSA) is 77.7 Å². The summed E-state index contributed by atoms with van der Waals surface area (Å²) in [4.78, 5) is 15.1. The number of rotatable bonds is 5. The lowest BCUT2D eigenvalue weighted by Gasteiger charge is -2.23. The van der Waals surface area contributed by atoms with Crippen molar-refractivity contribution in [2.45, 2.75) is 12.8 Å². The number of anilines is 3. The van der Waals surface area contributed by atoms with Gasteiger partial charge in [0.15, 0.2) is 11.7 Å². The number of benzene rings is 3. The highest BCUT2D eigenvalue weighted by molar-refractivity contribution is 6.35. The number of fused-ring (bicyclic) bond motifs is 2. The smallest absolute Gasteiger partial charge is 0.197 e. The Morgan fingerprint density at radius 2 is 1.70 bits per heavy atom. The van der Waals surface area contributed by atoms with Gasteiger partial charge < -0.3 is 25.0 Å². The standard InChI is InChI=1S/C23H19Cl2F2N3O3/c1-29(2)22-13(24)7-6-11-21(22)30(10-19(31)32)18-9-17(14(25)8-12(18)23(11)33)28-20-15(26)4-3-5-16(20)27/h3-9,19,28,31-32H,10H2,1-2H3. The maximum absolute atomic E-state index is 14.2. The van der Waals surface area contributed by atoms with Gasteiger partial charge in [0.25, 0.3) is 0 Å². The number of halogens is 4. The van der Waals surface area contributed by atoms with Gasteiger partial charge in [-0.3, -0.25) is 4.79 Å². The van der Waals surface area contributed by atoms with Gasteiger partial charge in [-0.15, -0.1) is 0 Å². The Morgan fingerprint density at radius 1 is 1.03 bits per heavy atom. The molecule has 4 rings (SSSR count). The minimum Gasteiger partial charge on any atom is -0.375 e. The first-order chi connectivity index (χ1) is 15.6. The average Bonchev–Trinajstić information content (AvgIpc) is 2.73. The molecule has 172 valence electrons. The average molecular weight is 494 g/mol. The predicted octanol–water partition coefficient (Wildman–Crippen LogP) is 4.86. The van der Waals surface area contributed by atoms with Crippen LogP contribution in [0, 0.1) is 11.6 Å². The van der Waals surface area contributed by atoms with Gasteiger partial charge in [-0.25, -0.2) is 8.78 Å². The van der Waals surface area contributed by atoms with E-state index >= 15 is 0 Å². The van der Waals surface area contributed by atoms with Crippen molar-refractivity contribution in [1.29, 1.82) is 0 Å². The minimum absolute atomic E-state index is 0.0551. The van der Waals surface area contributed by atoms with Gasteiger partial charge in [0.2, 0.25) is 0 Å². The number of nitrogens with zero attached hydrogens (tertiary/aromatic N) is 2. The van der Waals surface area contributed by atoms with E-state index in [2.05, 4.69) is 5.32 Å². The van der Waals surface area contributed by atoms with Gasteiger partial charge in [0, 0.05) is 24.9 Å². The fourth-order valence-electron chi connectivity index (χ4n) is 3.87. The summed E-state index contributed by atoms with van der Waals surface area (Å²) >= 11 is 12.8. The molecule has 1 aromatic heterocycles. The van der Waals surface area contributed by atoms with Crippen molar-refractivity contribution < 1.29 is 19.0 Å². The molecule has 0 aliphatic rings. The number of aliphatic hydroxyl groups is 2. The van der Waals surface area contributed by atoms with Crippen molar-refractivity contribution in [3.8, 4) is 0 Å². The maximum atomic E-state index is 14.2.